The van der Waals surface area contributed by atoms with Gasteiger partial charge < -0.3 is 10.4 Å². The third-order valence-electron chi connectivity index (χ3n) is 2.18. The molecule has 86 valence electrons. The van der Waals surface area contributed by atoms with Gasteiger partial charge >= 0.3 is 5.97 Å². The Morgan fingerprint density at radius 1 is 1.33 bits per heavy atom. The fraction of sp³-hybridized carbons (Fsp3) is 0.636. The lowest BCUT2D eigenvalue weighted by Gasteiger charge is -2.27. The molecule has 0 aliphatic rings. The van der Waals surface area contributed by atoms with Gasteiger partial charge in [-0.1, -0.05) is 26.8 Å². The summed E-state index contributed by atoms with van der Waals surface area (Å²) in [6.45, 7) is 8.71. The van der Waals surface area contributed by atoms with E-state index in [-0.39, 0.29) is 5.91 Å². The average molecular weight is 213 g/mol. The van der Waals surface area contributed by atoms with E-state index in [2.05, 4.69) is 5.32 Å². The van der Waals surface area contributed by atoms with Crippen molar-refractivity contribution >= 4 is 11.9 Å². The highest BCUT2D eigenvalue weighted by molar-refractivity contribution is 5.95. The average Bonchev–Trinajstić information content (AvgIpc) is 2.09. The van der Waals surface area contributed by atoms with Gasteiger partial charge in [0.05, 0.1) is 0 Å². The molecule has 0 saturated carbocycles. The van der Waals surface area contributed by atoms with E-state index in [0.29, 0.717) is 5.57 Å². The number of aliphatic carboxylic acids is 1. The van der Waals surface area contributed by atoms with Crippen molar-refractivity contribution in [2.45, 2.75) is 40.7 Å². The Hall–Kier alpha value is -1.32. The zero-order valence-corrected chi connectivity index (χ0v) is 9.92. The number of carbonyl (C=O) groups excluding carboxylic acids is 1. The first-order valence-electron chi connectivity index (χ1n) is 4.86. The molecule has 0 rings (SSSR count). The Morgan fingerprint density at radius 3 is 2.07 bits per heavy atom. The minimum atomic E-state index is -1.01. The summed E-state index contributed by atoms with van der Waals surface area (Å²) in [7, 11) is 0. The Balaban J connectivity index is 4.73. The maximum absolute atomic E-state index is 11.5. The Kier molecular flexibility index (Phi) is 4.52. The van der Waals surface area contributed by atoms with Gasteiger partial charge in [-0.3, -0.25) is 4.79 Å². The minimum Gasteiger partial charge on any atom is -0.480 e. The highest BCUT2D eigenvalue weighted by Crippen LogP contribution is 2.19. The molecule has 0 bridgehead atoms. The Labute approximate surface area is 90.4 Å². The molecule has 0 saturated heterocycles. The predicted octanol–water partition coefficient (Wildman–Crippen LogP) is 1.57. The van der Waals surface area contributed by atoms with Crippen molar-refractivity contribution in [2.75, 3.05) is 0 Å². The van der Waals surface area contributed by atoms with Crippen LogP contribution in [0.5, 0.6) is 0 Å². The zero-order valence-electron chi connectivity index (χ0n) is 9.92. The van der Waals surface area contributed by atoms with Gasteiger partial charge in [-0.05, 0) is 19.3 Å². The first-order chi connectivity index (χ1) is 6.70. The fourth-order valence-electron chi connectivity index (χ4n) is 1.02. The molecule has 15 heavy (non-hydrogen) atoms. The van der Waals surface area contributed by atoms with Gasteiger partial charge in [0.25, 0.3) is 0 Å². The quantitative estimate of drug-likeness (QED) is 0.699. The molecule has 0 aromatic carbocycles. The van der Waals surface area contributed by atoms with Crippen molar-refractivity contribution in [3.8, 4) is 0 Å². The van der Waals surface area contributed by atoms with E-state index in [4.69, 9.17) is 5.11 Å². The SMILES string of the molecule is C/C=C(/C)C(=O)NC(C(=O)O)C(C)(C)C. The van der Waals surface area contributed by atoms with Crippen molar-refractivity contribution in [1.82, 2.24) is 5.32 Å². The molecule has 1 atom stereocenters. The second-order valence-corrected chi connectivity index (χ2v) is 4.58. The van der Waals surface area contributed by atoms with Crippen LogP contribution in [0.4, 0.5) is 0 Å². The van der Waals surface area contributed by atoms with E-state index in [0.717, 1.165) is 0 Å². The maximum Gasteiger partial charge on any atom is 0.326 e. The molecule has 0 spiro atoms. The van der Waals surface area contributed by atoms with Gasteiger partial charge in [0.2, 0.25) is 5.91 Å². The first kappa shape index (κ1) is 13.7. The summed E-state index contributed by atoms with van der Waals surface area (Å²) in [5, 5.41) is 11.5. The molecular formula is C11H19NO3. The van der Waals surface area contributed by atoms with E-state index in [9.17, 15) is 9.59 Å². The summed E-state index contributed by atoms with van der Waals surface area (Å²) < 4.78 is 0. The van der Waals surface area contributed by atoms with Crippen LogP contribution in [0.3, 0.4) is 0 Å². The number of allylic oxidation sites excluding steroid dienone is 1. The van der Waals surface area contributed by atoms with Gasteiger partial charge in [-0.2, -0.15) is 0 Å². The first-order valence-corrected chi connectivity index (χ1v) is 4.86. The van der Waals surface area contributed by atoms with Crippen LogP contribution in [0, 0.1) is 5.41 Å². The molecule has 0 aliphatic carbocycles. The normalized spacial score (nSPS) is 14.6. The van der Waals surface area contributed by atoms with E-state index in [1.807, 2.05) is 0 Å². The second kappa shape index (κ2) is 4.96. The third kappa shape index (κ3) is 4.14. The van der Waals surface area contributed by atoms with Gasteiger partial charge in [-0.15, -0.1) is 0 Å². The number of carboxylic acids is 1. The minimum absolute atomic E-state index is 0.333. The highest BCUT2D eigenvalue weighted by Gasteiger charge is 2.32. The van der Waals surface area contributed by atoms with Gasteiger partial charge in [0.15, 0.2) is 0 Å². The largest absolute Gasteiger partial charge is 0.480 e. The lowest BCUT2D eigenvalue weighted by atomic mass is 9.86. The summed E-state index contributed by atoms with van der Waals surface area (Å²) in [4.78, 5) is 22.5. The Morgan fingerprint density at radius 2 is 1.80 bits per heavy atom. The number of amides is 1. The molecule has 0 radical (unpaired) electrons. The van der Waals surface area contributed by atoms with Crippen molar-refractivity contribution in [3.63, 3.8) is 0 Å². The van der Waals surface area contributed by atoms with Crippen LogP contribution in [0.2, 0.25) is 0 Å². The number of hydrogen-bond acceptors (Lipinski definition) is 2. The summed E-state index contributed by atoms with van der Waals surface area (Å²) in [6.07, 6.45) is 1.65. The number of hydrogen-bond donors (Lipinski definition) is 2. The van der Waals surface area contributed by atoms with Crippen LogP contribution < -0.4 is 5.32 Å². The van der Waals surface area contributed by atoms with Crippen LogP contribution in [-0.4, -0.2) is 23.0 Å². The third-order valence-corrected chi connectivity index (χ3v) is 2.18. The summed E-state index contributed by atoms with van der Waals surface area (Å²) >= 11 is 0. The van der Waals surface area contributed by atoms with Crippen LogP contribution in [0.1, 0.15) is 34.6 Å². The van der Waals surface area contributed by atoms with Crippen LogP contribution >= 0.6 is 0 Å². The van der Waals surface area contributed by atoms with E-state index in [1.165, 1.54) is 0 Å². The van der Waals surface area contributed by atoms with Gasteiger partial charge in [0.1, 0.15) is 6.04 Å². The number of rotatable bonds is 3. The van der Waals surface area contributed by atoms with Crippen LogP contribution in [-0.2, 0) is 9.59 Å². The van der Waals surface area contributed by atoms with E-state index in [1.54, 1.807) is 40.7 Å². The molecule has 0 aromatic rings. The topological polar surface area (TPSA) is 66.4 Å². The molecule has 0 heterocycles. The molecular weight excluding hydrogens is 194 g/mol. The molecule has 0 aliphatic heterocycles. The van der Waals surface area contributed by atoms with Crippen LogP contribution in [0.15, 0.2) is 11.6 Å². The summed E-state index contributed by atoms with van der Waals surface area (Å²) in [5.41, 5.74) is 0.0145. The zero-order chi connectivity index (χ0) is 12.2. The molecule has 1 unspecified atom stereocenters. The fourth-order valence-corrected chi connectivity index (χ4v) is 1.02. The van der Waals surface area contributed by atoms with Gasteiger partial charge in [0, 0.05) is 5.57 Å². The van der Waals surface area contributed by atoms with Crippen molar-refractivity contribution in [2.24, 2.45) is 5.41 Å². The lowest BCUT2D eigenvalue weighted by molar-refractivity contribution is -0.144. The Bertz CT molecular complexity index is 287. The van der Waals surface area contributed by atoms with Crippen molar-refractivity contribution in [1.29, 1.82) is 0 Å². The smallest absolute Gasteiger partial charge is 0.326 e. The monoisotopic (exact) mass is 213 g/mol. The predicted molar refractivity (Wildman–Crippen MR) is 58.5 cm³/mol. The van der Waals surface area contributed by atoms with Crippen molar-refractivity contribution < 1.29 is 14.7 Å². The van der Waals surface area contributed by atoms with Crippen molar-refractivity contribution in [3.05, 3.63) is 11.6 Å². The lowest BCUT2D eigenvalue weighted by Crippen LogP contribution is -2.49. The standard InChI is InChI=1S/C11H19NO3/c1-6-7(2)9(13)12-8(10(14)15)11(3,4)5/h6,8H,1-5H3,(H,12,13)(H,14,15)/b7-6-. The molecule has 4 nitrogen and oxygen atoms in total. The number of carboxylic acid groups (broad SMARTS) is 1. The summed E-state index contributed by atoms with van der Waals surface area (Å²) in [6, 6.07) is -0.875. The van der Waals surface area contributed by atoms with E-state index >= 15 is 0 Å². The number of nitrogens with one attached hydrogen (secondary N) is 1. The molecule has 4 heteroatoms. The molecule has 1 amide bonds. The van der Waals surface area contributed by atoms with E-state index < -0.39 is 17.4 Å². The van der Waals surface area contributed by atoms with Crippen LogP contribution in [0.25, 0.3) is 0 Å². The highest BCUT2D eigenvalue weighted by atomic mass is 16.4. The second-order valence-electron chi connectivity index (χ2n) is 4.58. The maximum atomic E-state index is 11.5. The molecule has 0 aromatic heterocycles. The number of carbonyl (C=O) groups is 2. The molecule has 2 N–H and O–H groups in total. The summed E-state index contributed by atoms with van der Waals surface area (Å²) in [5.74, 6) is -1.35. The molecule has 0 fully saturated rings. The van der Waals surface area contributed by atoms with Gasteiger partial charge in [-0.25, -0.2) is 4.79 Å².